The Kier molecular flexibility index (Phi) is 8.13. The highest BCUT2D eigenvalue weighted by Crippen LogP contribution is 2.45. The Morgan fingerprint density at radius 1 is 0.279 bits per heavy atom. The first-order chi connectivity index (χ1) is 30.2. The van der Waals surface area contributed by atoms with Crippen molar-refractivity contribution in [3.05, 3.63) is 218 Å². The van der Waals surface area contributed by atoms with Gasteiger partial charge in [-0.25, -0.2) is 15.0 Å². The second-order valence-corrected chi connectivity index (χ2v) is 15.6. The predicted molar refractivity (Wildman–Crippen MR) is 254 cm³/mol. The molecule has 0 bridgehead atoms. The van der Waals surface area contributed by atoms with Gasteiger partial charge in [-0.15, -0.1) is 0 Å². The van der Waals surface area contributed by atoms with Crippen LogP contribution in [-0.2, 0) is 0 Å². The third-order valence-electron chi connectivity index (χ3n) is 12.0. The van der Waals surface area contributed by atoms with Crippen LogP contribution < -0.4 is 0 Å². The minimum atomic E-state index is 0.610. The largest absolute Gasteiger partial charge is 0.309 e. The third-order valence-corrected chi connectivity index (χ3v) is 12.0. The molecule has 0 N–H and O–H groups in total. The molecule has 0 aliphatic carbocycles. The Hall–Kier alpha value is -8.21. The first-order valence-electron chi connectivity index (χ1n) is 20.7. The zero-order valence-electron chi connectivity index (χ0n) is 33.1. The Bertz CT molecular complexity index is 3630. The molecule has 0 aliphatic rings. The normalized spacial score (nSPS) is 11.6. The van der Waals surface area contributed by atoms with Crippen LogP contribution in [0.5, 0.6) is 0 Å². The van der Waals surface area contributed by atoms with Crippen molar-refractivity contribution in [2.45, 2.75) is 0 Å². The van der Waals surface area contributed by atoms with Gasteiger partial charge in [-0.05, 0) is 85.4 Å². The average molecular weight is 777 g/mol. The van der Waals surface area contributed by atoms with E-state index in [4.69, 9.17) is 15.0 Å². The van der Waals surface area contributed by atoms with E-state index in [2.05, 4.69) is 205 Å². The van der Waals surface area contributed by atoms with Crippen LogP contribution in [0, 0.1) is 0 Å². The van der Waals surface area contributed by atoms with Crippen LogP contribution in [0.4, 0.5) is 0 Å². The van der Waals surface area contributed by atoms with Crippen molar-refractivity contribution in [3.63, 3.8) is 0 Å². The quantitative estimate of drug-likeness (QED) is 0.169. The third kappa shape index (κ3) is 5.96. The molecular formula is C57H36N4. The molecule has 284 valence electrons. The molecule has 2 aromatic heterocycles. The summed E-state index contributed by atoms with van der Waals surface area (Å²) < 4.78 is 2.48. The number of hydrogen-bond acceptors (Lipinski definition) is 3. The van der Waals surface area contributed by atoms with Gasteiger partial charge in [0.15, 0.2) is 17.5 Å². The smallest absolute Gasteiger partial charge is 0.164 e. The standard InChI is InChI=1S/C57H36N4/c1-4-17-38(18-5-1)47-36-53(61-51-31-30-40-21-14-15-27-46(40)54(51)50-33-43-25-12-13-26-44(43)34-52(50)61)48(39-19-6-2-7-20-39)35-49(47)57-59-55(41-22-8-3-9-23-41)58-56(60-57)45-29-28-37-16-10-11-24-42(37)32-45/h1-36H. The first kappa shape index (κ1) is 34.8. The summed E-state index contributed by atoms with van der Waals surface area (Å²) in [6.07, 6.45) is 0. The minimum absolute atomic E-state index is 0.610. The summed E-state index contributed by atoms with van der Waals surface area (Å²) in [4.78, 5) is 15.8. The average Bonchev–Trinajstić information content (AvgIpc) is 3.66. The molecule has 12 aromatic rings. The number of nitrogens with zero attached hydrogens (tertiary/aromatic N) is 4. The van der Waals surface area contributed by atoms with E-state index in [0.29, 0.717) is 17.5 Å². The molecule has 61 heavy (non-hydrogen) atoms. The second-order valence-electron chi connectivity index (χ2n) is 15.6. The van der Waals surface area contributed by atoms with E-state index in [0.717, 1.165) is 61.1 Å². The molecule has 4 heteroatoms. The molecule has 0 fully saturated rings. The van der Waals surface area contributed by atoms with E-state index in [-0.39, 0.29) is 0 Å². The molecule has 0 atom stereocenters. The van der Waals surface area contributed by atoms with Crippen LogP contribution in [0.1, 0.15) is 0 Å². The van der Waals surface area contributed by atoms with Gasteiger partial charge >= 0.3 is 0 Å². The number of hydrogen-bond donors (Lipinski definition) is 0. The van der Waals surface area contributed by atoms with Crippen LogP contribution in [0.15, 0.2) is 218 Å². The number of aromatic nitrogens is 4. The van der Waals surface area contributed by atoms with E-state index in [1.165, 1.54) is 37.7 Å². The van der Waals surface area contributed by atoms with Crippen molar-refractivity contribution in [2.75, 3.05) is 0 Å². The summed E-state index contributed by atoms with van der Waals surface area (Å²) in [5.74, 6) is 1.86. The van der Waals surface area contributed by atoms with Gasteiger partial charge in [0.25, 0.3) is 0 Å². The summed E-state index contributed by atoms with van der Waals surface area (Å²) in [5, 5.41) is 9.64. The SMILES string of the molecule is c1ccc(-c2nc(-c3ccc4ccccc4c3)nc(-c3cc(-c4ccccc4)c(-n4c5cc6ccccc6cc5c5c6ccccc6ccc54)cc3-c3ccccc3)n2)cc1. The van der Waals surface area contributed by atoms with Gasteiger partial charge in [0.1, 0.15) is 0 Å². The van der Waals surface area contributed by atoms with Crippen LogP contribution in [0.3, 0.4) is 0 Å². The van der Waals surface area contributed by atoms with E-state index >= 15 is 0 Å². The molecule has 12 rings (SSSR count). The fourth-order valence-electron chi connectivity index (χ4n) is 9.07. The van der Waals surface area contributed by atoms with E-state index in [9.17, 15) is 0 Å². The molecular weight excluding hydrogens is 741 g/mol. The monoisotopic (exact) mass is 776 g/mol. The van der Waals surface area contributed by atoms with Gasteiger partial charge in [-0.3, -0.25) is 0 Å². The number of rotatable bonds is 6. The fourth-order valence-corrected chi connectivity index (χ4v) is 9.07. The van der Waals surface area contributed by atoms with Crippen molar-refractivity contribution in [1.29, 1.82) is 0 Å². The Labute approximate surface area is 352 Å². The lowest BCUT2D eigenvalue weighted by atomic mass is 9.92. The van der Waals surface area contributed by atoms with Crippen molar-refractivity contribution in [1.82, 2.24) is 19.5 Å². The minimum Gasteiger partial charge on any atom is -0.309 e. The molecule has 0 aliphatic heterocycles. The second kappa shape index (κ2) is 14.3. The van der Waals surface area contributed by atoms with Gasteiger partial charge in [0.05, 0.1) is 16.7 Å². The lowest BCUT2D eigenvalue weighted by Gasteiger charge is -2.20. The van der Waals surface area contributed by atoms with Gasteiger partial charge in [0, 0.05) is 33.0 Å². The highest BCUT2D eigenvalue weighted by Gasteiger charge is 2.23. The summed E-state index contributed by atoms with van der Waals surface area (Å²) in [5.41, 5.74) is 10.4. The summed E-state index contributed by atoms with van der Waals surface area (Å²) in [6, 6.07) is 77.8. The van der Waals surface area contributed by atoms with Gasteiger partial charge in [-0.2, -0.15) is 0 Å². The summed E-state index contributed by atoms with van der Waals surface area (Å²) in [6.45, 7) is 0. The van der Waals surface area contributed by atoms with E-state index in [1.54, 1.807) is 0 Å². The lowest BCUT2D eigenvalue weighted by Crippen LogP contribution is -2.04. The van der Waals surface area contributed by atoms with Crippen molar-refractivity contribution < 1.29 is 0 Å². The Balaban J connectivity index is 1.20. The number of fused-ring (bicyclic) bond motifs is 7. The van der Waals surface area contributed by atoms with Crippen LogP contribution in [0.25, 0.3) is 116 Å². The topological polar surface area (TPSA) is 43.6 Å². The molecule has 0 spiro atoms. The highest BCUT2D eigenvalue weighted by atomic mass is 15.0. The van der Waals surface area contributed by atoms with Gasteiger partial charge in [0.2, 0.25) is 0 Å². The van der Waals surface area contributed by atoms with Crippen molar-refractivity contribution >= 4 is 54.1 Å². The van der Waals surface area contributed by atoms with E-state index in [1.807, 2.05) is 18.2 Å². The van der Waals surface area contributed by atoms with Gasteiger partial charge < -0.3 is 4.57 Å². The molecule has 0 unspecified atom stereocenters. The molecule has 4 nitrogen and oxygen atoms in total. The number of benzene rings is 10. The van der Waals surface area contributed by atoms with Gasteiger partial charge in [-0.1, -0.05) is 182 Å². The fraction of sp³-hybridized carbons (Fsp3) is 0. The zero-order chi connectivity index (χ0) is 40.3. The maximum absolute atomic E-state index is 5.36. The predicted octanol–water partition coefficient (Wildman–Crippen LogP) is 14.8. The lowest BCUT2D eigenvalue weighted by molar-refractivity contribution is 1.07. The molecule has 0 radical (unpaired) electrons. The first-order valence-corrected chi connectivity index (χ1v) is 20.7. The van der Waals surface area contributed by atoms with Crippen molar-refractivity contribution in [3.8, 4) is 62.1 Å². The van der Waals surface area contributed by atoms with Crippen molar-refractivity contribution in [2.24, 2.45) is 0 Å². The summed E-state index contributed by atoms with van der Waals surface area (Å²) in [7, 11) is 0. The summed E-state index contributed by atoms with van der Waals surface area (Å²) >= 11 is 0. The Morgan fingerprint density at radius 3 is 1.51 bits per heavy atom. The molecule has 10 aromatic carbocycles. The zero-order valence-corrected chi connectivity index (χ0v) is 33.1. The maximum atomic E-state index is 5.36. The van der Waals surface area contributed by atoms with Crippen LogP contribution in [0.2, 0.25) is 0 Å². The molecule has 0 amide bonds. The molecule has 0 saturated heterocycles. The van der Waals surface area contributed by atoms with Crippen LogP contribution >= 0.6 is 0 Å². The molecule has 0 saturated carbocycles. The Morgan fingerprint density at radius 2 is 0.803 bits per heavy atom. The van der Waals surface area contributed by atoms with Crippen LogP contribution in [-0.4, -0.2) is 19.5 Å². The highest BCUT2D eigenvalue weighted by molar-refractivity contribution is 6.23. The maximum Gasteiger partial charge on any atom is 0.164 e. The van der Waals surface area contributed by atoms with E-state index < -0.39 is 0 Å². The molecule has 2 heterocycles.